The van der Waals surface area contributed by atoms with Crippen molar-refractivity contribution in [3.05, 3.63) is 77.5 Å². The number of rotatable bonds is 12. The van der Waals surface area contributed by atoms with Crippen molar-refractivity contribution in [3.8, 4) is 17.0 Å². The van der Waals surface area contributed by atoms with E-state index < -0.39 is 6.10 Å². The van der Waals surface area contributed by atoms with Crippen LogP contribution < -0.4 is 4.74 Å². The van der Waals surface area contributed by atoms with Crippen LogP contribution in [0.15, 0.2) is 60.7 Å². The number of benzene rings is 2. The van der Waals surface area contributed by atoms with Crippen LogP contribution in [-0.2, 0) is 27.2 Å². The molecule has 0 spiro atoms. The monoisotopic (exact) mass is 449 g/mol. The maximum absolute atomic E-state index is 12.1. The Morgan fingerprint density at radius 1 is 0.970 bits per heavy atom. The number of hydrogen-bond donors (Lipinski definition) is 0. The molecule has 0 N–H and O–H groups in total. The van der Waals surface area contributed by atoms with Crippen LogP contribution in [0.4, 0.5) is 0 Å². The topological polar surface area (TPSA) is 66.8 Å². The van der Waals surface area contributed by atoms with E-state index in [1.54, 1.807) is 6.92 Å². The van der Waals surface area contributed by atoms with Crippen molar-refractivity contribution in [1.29, 1.82) is 0 Å². The summed E-state index contributed by atoms with van der Waals surface area (Å²) in [7, 11) is 0. The number of carbonyl (C=O) groups is 2. The summed E-state index contributed by atoms with van der Waals surface area (Å²) in [6, 6.07) is 19.4. The molecule has 0 saturated heterocycles. The second kappa shape index (κ2) is 12.0. The number of esters is 1. The summed E-state index contributed by atoms with van der Waals surface area (Å²) in [5.41, 5.74) is 4.93. The zero-order valence-electron chi connectivity index (χ0n) is 19.5. The van der Waals surface area contributed by atoms with Crippen molar-refractivity contribution in [1.82, 2.24) is 4.57 Å². The van der Waals surface area contributed by atoms with Gasteiger partial charge in [-0.05, 0) is 56.2 Å². The summed E-state index contributed by atoms with van der Waals surface area (Å²) < 4.78 is 18.8. The third-order valence-electron chi connectivity index (χ3n) is 5.39. The first-order valence-electron chi connectivity index (χ1n) is 11.3. The lowest BCUT2D eigenvalue weighted by atomic mass is 10.1. The molecule has 6 nitrogen and oxygen atoms in total. The highest BCUT2D eigenvalue weighted by Crippen LogP contribution is 2.23. The molecule has 0 aliphatic carbocycles. The van der Waals surface area contributed by atoms with Gasteiger partial charge < -0.3 is 18.8 Å². The van der Waals surface area contributed by atoms with Crippen molar-refractivity contribution in [2.24, 2.45) is 0 Å². The van der Waals surface area contributed by atoms with E-state index in [1.165, 1.54) is 0 Å². The first-order valence-corrected chi connectivity index (χ1v) is 11.3. The molecule has 3 aromatic rings. The SMILES string of the molecule is CCOC(=O)C(Cc1ccc(OCCn2c(C)ccc2-c2ccc(C=O)cc2)cc1)OCC. The van der Waals surface area contributed by atoms with E-state index >= 15 is 0 Å². The number of aromatic nitrogens is 1. The minimum atomic E-state index is -0.600. The maximum Gasteiger partial charge on any atom is 0.335 e. The Kier molecular flexibility index (Phi) is 8.84. The summed E-state index contributed by atoms with van der Waals surface area (Å²) >= 11 is 0. The van der Waals surface area contributed by atoms with Crippen LogP contribution in [0.25, 0.3) is 11.3 Å². The highest BCUT2D eigenvalue weighted by molar-refractivity contribution is 5.76. The summed E-state index contributed by atoms with van der Waals surface area (Å²) in [6.45, 7) is 7.71. The number of carbonyl (C=O) groups excluding carboxylic acids is 2. The van der Waals surface area contributed by atoms with Gasteiger partial charge in [0.15, 0.2) is 6.10 Å². The highest BCUT2D eigenvalue weighted by Gasteiger charge is 2.20. The molecular formula is C27H31NO5. The molecule has 2 aromatic carbocycles. The van der Waals surface area contributed by atoms with E-state index in [0.29, 0.717) is 38.3 Å². The number of aldehydes is 1. The molecular weight excluding hydrogens is 418 g/mol. The molecule has 1 aromatic heterocycles. The Morgan fingerprint density at radius 2 is 1.70 bits per heavy atom. The van der Waals surface area contributed by atoms with Gasteiger partial charge in [0.05, 0.1) is 13.2 Å². The number of hydrogen-bond acceptors (Lipinski definition) is 5. The predicted molar refractivity (Wildman–Crippen MR) is 128 cm³/mol. The summed E-state index contributed by atoms with van der Waals surface area (Å²) in [4.78, 5) is 23.0. The van der Waals surface area contributed by atoms with Crippen LogP contribution in [-0.4, -0.2) is 42.7 Å². The molecule has 174 valence electrons. The Morgan fingerprint density at radius 3 is 2.33 bits per heavy atom. The third kappa shape index (κ3) is 6.56. The Hall–Kier alpha value is -3.38. The van der Waals surface area contributed by atoms with Crippen LogP contribution in [0.5, 0.6) is 5.75 Å². The molecule has 0 saturated carbocycles. The minimum Gasteiger partial charge on any atom is -0.492 e. The molecule has 3 rings (SSSR count). The van der Waals surface area contributed by atoms with Crippen molar-refractivity contribution in [2.75, 3.05) is 19.8 Å². The average molecular weight is 450 g/mol. The fourth-order valence-corrected chi connectivity index (χ4v) is 3.69. The lowest BCUT2D eigenvalue weighted by Gasteiger charge is -2.16. The lowest BCUT2D eigenvalue weighted by Crippen LogP contribution is -2.28. The van der Waals surface area contributed by atoms with Crippen LogP contribution in [0.3, 0.4) is 0 Å². The minimum absolute atomic E-state index is 0.335. The van der Waals surface area contributed by atoms with E-state index in [1.807, 2.05) is 55.5 Å². The number of ether oxygens (including phenoxy) is 3. The van der Waals surface area contributed by atoms with Gasteiger partial charge in [-0.1, -0.05) is 36.4 Å². The van der Waals surface area contributed by atoms with Crippen molar-refractivity contribution >= 4 is 12.3 Å². The van der Waals surface area contributed by atoms with Crippen LogP contribution in [0, 0.1) is 6.92 Å². The normalized spacial score (nSPS) is 11.7. The van der Waals surface area contributed by atoms with Gasteiger partial charge in [0, 0.05) is 30.0 Å². The van der Waals surface area contributed by atoms with Crippen molar-refractivity contribution in [2.45, 2.75) is 39.8 Å². The summed E-state index contributed by atoms with van der Waals surface area (Å²) in [5.74, 6) is 0.433. The van der Waals surface area contributed by atoms with E-state index in [9.17, 15) is 9.59 Å². The van der Waals surface area contributed by atoms with E-state index in [2.05, 4.69) is 23.6 Å². The van der Waals surface area contributed by atoms with Crippen LogP contribution in [0.1, 0.15) is 35.5 Å². The second-order valence-corrected chi connectivity index (χ2v) is 7.64. The molecule has 6 heteroatoms. The van der Waals surface area contributed by atoms with Gasteiger partial charge in [0.1, 0.15) is 18.6 Å². The Labute approximate surface area is 195 Å². The highest BCUT2D eigenvalue weighted by atomic mass is 16.6. The first-order chi connectivity index (χ1) is 16.0. The summed E-state index contributed by atoms with van der Waals surface area (Å²) in [5, 5.41) is 0. The van der Waals surface area contributed by atoms with Crippen molar-refractivity contribution < 1.29 is 23.8 Å². The molecule has 0 bridgehead atoms. The van der Waals surface area contributed by atoms with Gasteiger partial charge >= 0.3 is 5.97 Å². The molecule has 1 unspecified atom stereocenters. The fourth-order valence-electron chi connectivity index (χ4n) is 3.69. The summed E-state index contributed by atoms with van der Waals surface area (Å²) in [6.07, 6.45) is 0.709. The molecule has 33 heavy (non-hydrogen) atoms. The van der Waals surface area contributed by atoms with E-state index in [0.717, 1.165) is 34.6 Å². The van der Waals surface area contributed by atoms with E-state index in [4.69, 9.17) is 14.2 Å². The van der Waals surface area contributed by atoms with Gasteiger partial charge in [-0.3, -0.25) is 4.79 Å². The van der Waals surface area contributed by atoms with E-state index in [-0.39, 0.29) is 5.97 Å². The zero-order chi connectivity index (χ0) is 23.6. The number of aryl methyl sites for hydroxylation is 1. The molecule has 0 fully saturated rings. The Bertz CT molecular complexity index is 1040. The molecule has 1 atom stereocenters. The first kappa shape index (κ1) is 24.3. The molecule has 0 aliphatic rings. The standard InChI is InChI=1S/C27H31NO5/c1-4-31-26(27(30)32-5-2)18-21-9-13-24(14-10-21)33-17-16-28-20(3)6-15-25(28)23-11-7-22(19-29)8-12-23/h6-15,19,26H,4-5,16-18H2,1-3H3. The third-order valence-corrected chi connectivity index (χ3v) is 5.39. The van der Waals surface area contributed by atoms with Gasteiger partial charge in [0.25, 0.3) is 0 Å². The zero-order valence-corrected chi connectivity index (χ0v) is 19.5. The van der Waals surface area contributed by atoms with Crippen LogP contribution in [0.2, 0.25) is 0 Å². The van der Waals surface area contributed by atoms with Gasteiger partial charge in [-0.2, -0.15) is 0 Å². The predicted octanol–water partition coefficient (Wildman–Crippen LogP) is 4.87. The smallest absolute Gasteiger partial charge is 0.335 e. The number of nitrogens with zero attached hydrogens (tertiary/aromatic N) is 1. The average Bonchev–Trinajstić information content (AvgIpc) is 3.20. The lowest BCUT2D eigenvalue weighted by molar-refractivity contribution is -0.156. The van der Waals surface area contributed by atoms with Gasteiger partial charge in [-0.25, -0.2) is 4.79 Å². The fraction of sp³-hybridized carbons (Fsp3) is 0.333. The van der Waals surface area contributed by atoms with Crippen LogP contribution >= 0.6 is 0 Å². The molecule has 1 heterocycles. The largest absolute Gasteiger partial charge is 0.492 e. The van der Waals surface area contributed by atoms with Crippen molar-refractivity contribution in [3.63, 3.8) is 0 Å². The molecule has 0 aliphatic heterocycles. The van der Waals surface area contributed by atoms with Gasteiger partial charge in [0.2, 0.25) is 0 Å². The Balaban J connectivity index is 1.58. The second-order valence-electron chi connectivity index (χ2n) is 7.64. The quantitative estimate of drug-likeness (QED) is 0.292. The molecule has 0 amide bonds. The maximum atomic E-state index is 12.1. The molecule has 0 radical (unpaired) electrons. The van der Waals surface area contributed by atoms with Gasteiger partial charge in [-0.15, -0.1) is 0 Å².